The summed E-state index contributed by atoms with van der Waals surface area (Å²) >= 11 is 0. The molecule has 0 bridgehead atoms. The largest absolute Gasteiger partial charge is 0.384 e. The number of anilines is 3. The van der Waals surface area contributed by atoms with E-state index in [0.29, 0.717) is 12.1 Å². The first-order valence-corrected chi connectivity index (χ1v) is 9.77. The van der Waals surface area contributed by atoms with Crippen LogP contribution in [0.3, 0.4) is 0 Å². The van der Waals surface area contributed by atoms with Crippen molar-refractivity contribution in [3.8, 4) is 0 Å². The van der Waals surface area contributed by atoms with Gasteiger partial charge in [0.15, 0.2) is 0 Å². The van der Waals surface area contributed by atoms with E-state index in [0.717, 1.165) is 36.4 Å². The Morgan fingerprint density at radius 3 is 2.61 bits per heavy atom. The number of carbonyl (C=O) groups is 1. The molecule has 4 rings (SSSR count). The van der Waals surface area contributed by atoms with Gasteiger partial charge in [0.1, 0.15) is 0 Å². The highest BCUT2D eigenvalue weighted by Crippen LogP contribution is 2.28. The lowest BCUT2D eigenvalue weighted by Crippen LogP contribution is -2.20. The number of nitrogens with one attached hydrogen (secondary N) is 3. The smallest absolute Gasteiger partial charge is 0.257 e. The molecule has 0 aromatic heterocycles. The summed E-state index contributed by atoms with van der Waals surface area (Å²) in [6, 6.07) is 22.1. The third-order valence-corrected chi connectivity index (χ3v) is 5.23. The zero-order chi connectivity index (χ0) is 19.3. The van der Waals surface area contributed by atoms with Crippen LogP contribution < -0.4 is 16.0 Å². The van der Waals surface area contributed by atoms with Crippen LogP contribution in [0, 0.1) is 6.92 Å². The minimum atomic E-state index is -0.0867. The molecule has 3 aromatic rings. The molecule has 1 heterocycles. The van der Waals surface area contributed by atoms with E-state index in [1.54, 1.807) is 0 Å². The molecule has 28 heavy (non-hydrogen) atoms. The Labute approximate surface area is 166 Å². The standard InChI is InChI=1S/C24H25N3O/c1-17-8-2-3-9-19(17)16-26-21-13-4-5-14-22(21)27-24(28)20-12-6-10-18-11-7-15-25-23(18)20/h2-6,8-10,12-14,25-26H,7,11,15-16H2,1H3,(H,27,28). The molecule has 1 amide bonds. The Bertz CT molecular complexity index is 997. The van der Waals surface area contributed by atoms with E-state index in [1.165, 1.54) is 16.7 Å². The number of rotatable bonds is 5. The fraction of sp³-hybridized carbons (Fsp3) is 0.208. The Morgan fingerprint density at radius 2 is 1.75 bits per heavy atom. The van der Waals surface area contributed by atoms with Gasteiger partial charge in [0, 0.05) is 13.1 Å². The number of hydrogen-bond acceptors (Lipinski definition) is 3. The lowest BCUT2D eigenvalue weighted by molar-refractivity contribution is 0.102. The van der Waals surface area contributed by atoms with Gasteiger partial charge >= 0.3 is 0 Å². The third kappa shape index (κ3) is 3.86. The molecule has 4 heteroatoms. The van der Waals surface area contributed by atoms with E-state index in [2.05, 4.69) is 41.1 Å². The molecule has 3 N–H and O–H groups in total. The van der Waals surface area contributed by atoms with E-state index in [1.807, 2.05) is 48.5 Å². The van der Waals surface area contributed by atoms with Gasteiger partial charge in [-0.1, -0.05) is 48.5 Å². The number of carbonyl (C=O) groups excluding carboxylic acids is 1. The average molecular weight is 371 g/mol. The van der Waals surface area contributed by atoms with Gasteiger partial charge in [-0.05, 0) is 54.7 Å². The average Bonchev–Trinajstić information content (AvgIpc) is 2.73. The fourth-order valence-corrected chi connectivity index (χ4v) is 3.63. The number of aryl methyl sites for hydroxylation is 2. The maximum absolute atomic E-state index is 13.0. The molecule has 0 fully saturated rings. The van der Waals surface area contributed by atoms with Crippen molar-refractivity contribution in [3.63, 3.8) is 0 Å². The van der Waals surface area contributed by atoms with Crippen molar-refractivity contribution in [2.45, 2.75) is 26.3 Å². The lowest BCUT2D eigenvalue weighted by atomic mass is 9.99. The minimum absolute atomic E-state index is 0.0867. The van der Waals surface area contributed by atoms with Crippen molar-refractivity contribution in [2.24, 2.45) is 0 Å². The summed E-state index contributed by atoms with van der Waals surface area (Å²) in [5, 5.41) is 9.93. The monoisotopic (exact) mass is 371 g/mol. The zero-order valence-electron chi connectivity index (χ0n) is 16.1. The molecule has 0 atom stereocenters. The van der Waals surface area contributed by atoms with E-state index in [4.69, 9.17) is 0 Å². The topological polar surface area (TPSA) is 53.2 Å². The maximum Gasteiger partial charge on any atom is 0.257 e. The van der Waals surface area contributed by atoms with Gasteiger partial charge in [-0.25, -0.2) is 0 Å². The molecule has 142 valence electrons. The number of fused-ring (bicyclic) bond motifs is 1. The maximum atomic E-state index is 13.0. The predicted molar refractivity (Wildman–Crippen MR) is 116 cm³/mol. The first kappa shape index (κ1) is 18.1. The highest BCUT2D eigenvalue weighted by molar-refractivity contribution is 6.09. The van der Waals surface area contributed by atoms with Crippen molar-refractivity contribution in [2.75, 3.05) is 22.5 Å². The van der Waals surface area contributed by atoms with Crippen molar-refractivity contribution in [1.29, 1.82) is 0 Å². The first-order chi connectivity index (χ1) is 13.7. The molecule has 4 nitrogen and oxygen atoms in total. The van der Waals surface area contributed by atoms with Crippen LogP contribution in [-0.2, 0) is 13.0 Å². The van der Waals surface area contributed by atoms with Crippen LogP contribution in [0.15, 0.2) is 66.7 Å². The van der Waals surface area contributed by atoms with Crippen LogP contribution >= 0.6 is 0 Å². The second kappa shape index (κ2) is 8.17. The van der Waals surface area contributed by atoms with Crippen LogP contribution in [-0.4, -0.2) is 12.5 Å². The van der Waals surface area contributed by atoms with Crippen LogP contribution in [0.25, 0.3) is 0 Å². The summed E-state index contributed by atoms with van der Waals surface area (Å²) in [6.07, 6.45) is 2.11. The van der Waals surface area contributed by atoms with Gasteiger partial charge in [0.05, 0.1) is 22.6 Å². The van der Waals surface area contributed by atoms with Crippen molar-refractivity contribution in [1.82, 2.24) is 0 Å². The SMILES string of the molecule is Cc1ccccc1CNc1ccccc1NC(=O)c1cccc2c1NCCC2. The van der Waals surface area contributed by atoms with Gasteiger partial charge in [-0.2, -0.15) is 0 Å². The van der Waals surface area contributed by atoms with E-state index >= 15 is 0 Å². The van der Waals surface area contributed by atoms with Crippen LogP contribution in [0.2, 0.25) is 0 Å². The van der Waals surface area contributed by atoms with Crippen molar-refractivity contribution >= 4 is 23.0 Å². The van der Waals surface area contributed by atoms with Gasteiger partial charge in [-0.15, -0.1) is 0 Å². The van der Waals surface area contributed by atoms with Crippen LogP contribution in [0.5, 0.6) is 0 Å². The highest BCUT2D eigenvalue weighted by atomic mass is 16.1. The molecule has 3 aromatic carbocycles. The predicted octanol–water partition coefficient (Wildman–Crippen LogP) is 5.22. The number of benzene rings is 3. The Balaban J connectivity index is 1.53. The second-order valence-corrected chi connectivity index (χ2v) is 7.15. The Morgan fingerprint density at radius 1 is 0.964 bits per heavy atom. The second-order valence-electron chi connectivity index (χ2n) is 7.15. The molecular formula is C24H25N3O. The summed E-state index contributed by atoms with van der Waals surface area (Å²) in [7, 11) is 0. The van der Waals surface area contributed by atoms with Crippen molar-refractivity contribution < 1.29 is 4.79 Å². The molecule has 0 aliphatic carbocycles. The number of hydrogen-bond donors (Lipinski definition) is 3. The number of para-hydroxylation sites is 3. The summed E-state index contributed by atoms with van der Waals surface area (Å²) in [5.41, 5.74) is 7.07. The molecule has 0 saturated carbocycles. The van der Waals surface area contributed by atoms with Crippen LogP contribution in [0.4, 0.5) is 17.1 Å². The quantitative estimate of drug-likeness (QED) is 0.576. The summed E-state index contributed by atoms with van der Waals surface area (Å²) in [4.78, 5) is 13.0. The number of amides is 1. The molecular weight excluding hydrogens is 346 g/mol. The Hall–Kier alpha value is -3.27. The lowest BCUT2D eigenvalue weighted by Gasteiger charge is -2.21. The summed E-state index contributed by atoms with van der Waals surface area (Å²) in [6.45, 7) is 3.73. The summed E-state index contributed by atoms with van der Waals surface area (Å²) in [5.74, 6) is -0.0867. The molecule has 0 unspecified atom stereocenters. The molecule has 0 saturated heterocycles. The minimum Gasteiger partial charge on any atom is -0.384 e. The van der Waals surface area contributed by atoms with E-state index in [-0.39, 0.29) is 5.91 Å². The highest BCUT2D eigenvalue weighted by Gasteiger charge is 2.18. The van der Waals surface area contributed by atoms with E-state index < -0.39 is 0 Å². The molecule has 1 aliphatic heterocycles. The molecule has 0 spiro atoms. The fourth-order valence-electron chi connectivity index (χ4n) is 3.63. The normalized spacial score (nSPS) is 12.6. The zero-order valence-corrected chi connectivity index (χ0v) is 16.1. The van der Waals surface area contributed by atoms with Gasteiger partial charge in [-0.3, -0.25) is 4.79 Å². The van der Waals surface area contributed by atoms with Crippen molar-refractivity contribution in [3.05, 3.63) is 89.0 Å². The summed E-state index contributed by atoms with van der Waals surface area (Å²) < 4.78 is 0. The van der Waals surface area contributed by atoms with E-state index in [9.17, 15) is 4.79 Å². The van der Waals surface area contributed by atoms with Gasteiger partial charge in [0.2, 0.25) is 0 Å². The Kier molecular flexibility index (Phi) is 5.29. The third-order valence-electron chi connectivity index (χ3n) is 5.23. The van der Waals surface area contributed by atoms with Crippen LogP contribution in [0.1, 0.15) is 33.5 Å². The first-order valence-electron chi connectivity index (χ1n) is 9.77. The van der Waals surface area contributed by atoms with Gasteiger partial charge in [0.25, 0.3) is 5.91 Å². The molecule has 0 radical (unpaired) electrons. The molecule has 1 aliphatic rings. The van der Waals surface area contributed by atoms with Gasteiger partial charge < -0.3 is 16.0 Å².